The first-order valence-corrected chi connectivity index (χ1v) is 6.48. The maximum absolute atomic E-state index is 6.42. The van der Waals surface area contributed by atoms with Crippen molar-refractivity contribution in [1.29, 1.82) is 0 Å². The maximum Gasteiger partial charge on any atom is 0.127 e. The summed E-state index contributed by atoms with van der Waals surface area (Å²) in [5.74, 6) is 1.45. The Labute approximate surface area is 119 Å². The first-order chi connectivity index (χ1) is 9.56. The van der Waals surface area contributed by atoms with E-state index >= 15 is 0 Å². The van der Waals surface area contributed by atoms with Crippen LogP contribution in [0.5, 0.6) is 11.5 Å². The van der Waals surface area contributed by atoms with Crippen molar-refractivity contribution in [2.75, 3.05) is 14.2 Å². The van der Waals surface area contributed by atoms with Gasteiger partial charge in [-0.05, 0) is 43.7 Å². The van der Waals surface area contributed by atoms with E-state index in [2.05, 4.69) is 4.98 Å². The number of pyridine rings is 1. The molecule has 2 rings (SSSR count). The van der Waals surface area contributed by atoms with Gasteiger partial charge in [-0.15, -0.1) is 0 Å². The zero-order valence-corrected chi connectivity index (χ0v) is 12.3. The number of hydrogen-bond acceptors (Lipinski definition) is 4. The Kier molecular flexibility index (Phi) is 4.25. The molecule has 1 heterocycles. The third-order valence-electron chi connectivity index (χ3n) is 3.24. The van der Waals surface area contributed by atoms with Gasteiger partial charge in [0.25, 0.3) is 0 Å². The zero-order chi connectivity index (χ0) is 14.7. The third kappa shape index (κ3) is 2.75. The highest BCUT2D eigenvalue weighted by Gasteiger charge is 2.19. The molecular weight excluding hydrogens is 252 g/mol. The molecule has 0 saturated carbocycles. The van der Waals surface area contributed by atoms with Crippen LogP contribution in [-0.2, 0) is 0 Å². The first kappa shape index (κ1) is 14.3. The van der Waals surface area contributed by atoms with Crippen LogP contribution >= 0.6 is 0 Å². The Bertz CT molecular complexity index is 569. The SMILES string of the molecule is COc1cccc(OC)c1C(N)c1cc(C)nc(C)c1. The lowest BCUT2D eigenvalue weighted by Gasteiger charge is -2.19. The lowest BCUT2D eigenvalue weighted by atomic mass is 9.97. The average Bonchev–Trinajstić information content (AvgIpc) is 2.44. The fourth-order valence-electron chi connectivity index (χ4n) is 2.40. The summed E-state index contributed by atoms with van der Waals surface area (Å²) in [7, 11) is 3.27. The van der Waals surface area contributed by atoms with Gasteiger partial charge in [0.15, 0.2) is 0 Å². The largest absolute Gasteiger partial charge is 0.496 e. The number of nitrogens with two attached hydrogens (primary N) is 1. The van der Waals surface area contributed by atoms with Gasteiger partial charge < -0.3 is 15.2 Å². The Balaban J connectivity index is 2.54. The number of nitrogens with zero attached hydrogens (tertiary/aromatic N) is 1. The summed E-state index contributed by atoms with van der Waals surface area (Å²) in [4.78, 5) is 4.38. The Morgan fingerprint density at radius 3 is 1.95 bits per heavy atom. The maximum atomic E-state index is 6.42. The van der Waals surface area contributed by atoms with Gasteiger partial charge in [-0.1, -0.05) is 6.07 Å². The van der Waals surface area contributed by atoms with Crippen molar-refractivity contribution in [3.8, 4) is 11.5 Å². The summed E-state index contributed by atoms with van der Waals surface area (Å²) in [6.07, 6.45) is 0. The number of hydrogen-bond donors (Lipinski definition) is 1. The Morgan fingerprint density at radius 1 is 1.00 bits per heavy atom. The molecule has 0 aliphatic carbocycles. The predicted octanol–water partition coefficient (Wildman–Crippen LogP) is 2.76. The molecule has 2 N–H and O–H groups in total. The van der Waals surface area contributed by atoms with E-state index in [-0.39, 0.29) is 6.04 Å². The number of aromatic nitrogens is 1. The monoisotopic (exact) mass is 272 g/mol. The van der Waals surface area contributed by atoms with Crippen molar-refractivity contribution in [2.45, 2.75) is 19.9 Å². The highest BCUT2D eigenvalue weighted by Crippen LogP contribution is 2.36. The van der Waals surface area contributed by atoms with Gasteiger partial charge >= 0.3 is 0 Å². The summed E-state index contributed by atoms with van der Waals surface area (Å²) in [6.45, 7) is 3.92. The van der Waals surface area contributed by atoms with Gasteiger partial charge in [0.2, 0.25) is 0 Å². The summed E-state index contributed by atoms with van der Waals surface area (Å²) in [6, 6.07) is 9.32. The van der Waals surface area contributed by atoms with E-state index in [1.165, 1.54) is 0 Å². The van der Waals surface area contributed by atoms with Crippen molar-refractivity contribution >= 4 is 0 Å². The lowest BCUT2D eigenvalue weighted by molar-refractivity contribution is 0.382. The summed E-state index contributed by atoms with van der Waals surface area (Å²) in [5, 5.41) is 0. The second-order valence-electron chi connectivity index (χ2n) is 4.74. The molecule has 20 heavy (non-hydrogen) atoms. The quantitative estimate of drug-likeness (QED) is 0.929. The van der Waals surface area contributed by atoms with Crippen LogP contribution in [0.1, 0.15) is 28.6 Å². The van der Waals surface area contributed by atoms with Crippen LogP contribution in [-0.4, -0.2) is 19.2 Å². The molecule has 2 aromatic rings. The minimum Gasteiger partial charge on any atom is -0.496 e. The average molecular weight is 272 g/mol. The highest BCUT2D eigenvalue weighted by atomic mass is 16.5. The van der Waals surface area contributed by atoms with Crippen molar-refractivity contribution < 1.29 is 9.47 Å². The second-order valence-corrected chi connectivity index (χ2v) is 4.74. The topological polar surface area (TPSA) is 57.4 Å². The van der Waals surface area contributed by atoms with Crippen molar-refractivity contribution in [3.05, 3.63) is 52.8 Å². The minimum atomic E-state index is -0.318. The van der Waals surface area contributed by atoms with E-state index in [1.807, 2.05) is 44.2 Å². The minimum absolute atomic E-state index is 0.318. The number of methoxy groups -OCH3 is 2. The Hall–Kier alpha value is -2.07. The van der Waals surface area contributed by atoms with Crippen molar-refractivity contribution in [1.82, 2.24) is 4.98 Å². The van der Waals surface area contributed by atoms with E-state index in [9.17, 15) is 0 Å². The molecule has 1 unspecified atom stereocenters. The molecule has 0 fully saturated rings. The number of benzene rings is 1. The standard InChI is InChI=1S/C16H20N2O2/c1-10-8-12(9-11(2)18-10)16(17)15-13(19-3)6-5-7-14(15)20-4/h5-9,16H,17H2,1-4H3. The molecule has 106 valence electrons. The fraction of sp³-hybridized carbons (Fsp3) is 0.312. The van der Waals surface area contributed by atoms with Crippen LogP contribution in [0.25, 0.3) is 0 Å². The third-order valence-corrected chi connectivity index (χ3v) is 3.24. The van der Waals surface area contributed by atoms with Gasteiger partial charge in [-0.25, -0.2) is 0 Å². The van der Waals surface area contributed by atoms with E-state index in [4.69, 9.17) is 15.2 Å². The van der Waals surface area contributed by atoms with Gasteiger partial charge in [0.1, 0.15) is 11.5 Å². The molecule has 0 aliphatic rings. The molecule has 0 amide bonds. The summed E-state index contributed by atoms with van der Waals surface area (Å²) >= 11 is 0. The fourth-order valence-corrected chi connectivity index (χ4v) is 2.40. The van der Waals surface area contributed by atoms with Crippen LogP contribution in [0.15, 0.2) is 30.3 Å². The molecule has 0 aliphatic heterocycles. The molecule has 4 heteroatoms. The van der Waals surface area contributed by atoms with Crippen molar-refractivity contribution in [2.24, 2.45) is 5.73 Å². The molecule has 0 bridgehead atoms. The van der Waals surface area contributed by atoms with Gasteiger partial charge in [0, 0.05) is 11.4 Å². The molecule has 0 radical (unpaired) electrons. The Morgan fingerprint density at radius 2 is 1.50 bits per heavy atom. The van der Waals surface area contributed by atoms with E-state index in [0.717, 1.165) is 34.0 Å². The molecule has 0 saturated heterocycles. The van der Waals surface area contributed by atoms with Crippen LogP contribution in [0.2, 0.25) is 0 Å². The highest BCUT2D eigenvalue weighted by molar-refractivity contribution is 5.50. The van der Waals surface area contributed by atoms with Crippen LogP contribution < -0.4 is 15.2 Å². The van der Waals surface area contributed by atoms with E-state index in [1.54, 1.807) is 14.2 Å². The van der Waals surface area contributed by atoms with Gasteiger partial charge in [-0.3, -0.25) is 4.98 Å². The zero-order valence-electron chi connectivity index (χ0n) is 12.3. The molecule has 1 aromatic heterocycles. The van der Waals surface area contributed by atoms with Crippen LogP contribution in [0, 0.1) is 13.8 Å². The van der Waals surface area contributed by atoms with Crippen molar-refractivity contribution in [3.63, 3.8) is 0 Å². The first-order valence-electron chi connectivity index (χ1n) is 6.48. The van der Waals surface area contributed by atoms with Crippen LogP contribution in [0.3, 0.4) is 0 Å². The second kappa shape index (κ2) is 5.92. The number of aryl methyl sites for hydroxylation is 2. The van der Waals surface area contributed by atoms with E-state index < -0.39 is 0 Å². The van der Waals surface area contributed by atoms with E-state index in [0.29, 0.717) is 0 Å². The normalized spacial score (nSPS) is 12.1. The van der Waals surface area contributed by atoms with Gasteiger partial charge in [-0.2, -0.15) is 0 Å². The molecule has 1 aromatic carbocycles. The van der Waals surface area contributed by atoms with Gasteiger partial charge in [0.05, 0.1) is 25.8 Å². The molecular formula is C16H20N2O2. The molecule has 1 atom stereocenters. The molecule has 4 nitrogen and oxygen atoms in total. The lowest BCUT2D eigenvalue weighted by Crippen LogP contribution is -2.15. The summed E-state index contributed by atoms with van der Waals surface area (Å²) in [5.41, 5.74) is 10.2. The summed E-state index contributed by atoms with van der Waals surface area (Å²) < 4.78 is 10.8. The smallest absolute Gasteiger partial charge is 0.127 e. The number of ether oxygens (including phenoxy) is 2. The molecule has 0 spiro atoms. The number of rotatable bonds is 4. The van der Waals surface area contributed by atoms with Crippen LogP contribution in [0.4, 0.5) is 0 Å². The predicted molar refractivity (Wildman–Crippen MR) is 79.3 cm³/mol.